The molecule has 0 radical (unpaired) electrons. The van der Waals surface area contributed by atoms with Gasteiger partial charge < -0.3 is 24.4 Å². The van der Waals surface area contributed by atoms with Gasteiger partial charge in [-0.1, -0.05) is 27.7 Å². The fourth-order valence-electron chi connectivity index (χ4n) is 6.51. The van der Waals surface area contributed by atoms with Crippen molar-refractivity contribution in [1.82, 2.24) is 25.1 Å². The molecular formula is C35H53N5O7S2. The monoisotopic (exact) mass is 719 g/mol. The van der Waals surface area contributed by atoms with Crippen LogP contribution in [0.5, 0.6) is 0 Å². The Morgan fingerprint density at radius 1 is 1.06 bits per heavy atom. The minimum Gasteiger partial charge on any atom is -0.455 e. The van der Waals surface area contributed by atoms with Crippen molar-refractivity contribution in [3.8, 4) is 0 Å². The third-order valence-corrected chi connectivity index (χ3v) is 11.3. The molecule has 4 heterocycles. The van der Waals surface area contributed by atoms with Gasteiger partial charge in [0.1, 0.15) is 10.7 Å². The molecule has 0 spiro atoms. The summed E-state index contributed by atoms with van der Waals surface area (Å²) in [4.78, 5) is 66.2. The van der Waals surface area contributed by atoms with Gasteiger partial charge in [0, 0.05) is 74.2 Å². The molecule has 5 atom stereocenters. The number of Topliss-reactive ketones (excluding diaryl/α,β-unsaturated/α-hetero) is 1. The molecule has 4 rings (SSSR count). The molecule has 0 saturated carbocycles. The molecule has 2 aromatic heterocycles. The van der Waals surface area contributed by atoms with Crippen LogP contribution >= 0.6 is 22.7 Å². The number of carbonyl (C=O) groups is 4. The summed E-state index contributed by atoms with van der Waals surface area (Å²) in [5.41, 5.74) is 1.22. The lowest BCUT2D eigenvalue weighted by molar-refractivity contribution is -0.154. The van der Waals surface area contributed by atoms with E-state index in [4.69, 9.17) is 14.2 Å². The van der Waals surface area contributed by atoms with Gasteiger partial charge in [0.25, 0.3) is 5.91 Å². The Bertz CT molecular complexity index is 1420. The van der Waals surface area contributed by atoms with E-state index in [1.807, 2.05) is 38.1 Å². The first-order chi connectivity index (χ1) is 23.2. The molecule has 14 heteroatoms. The maximum atomic E-state index is 14.2. The lowest BCUT2D eigenvalue weighted by atomic mass is 9.83. The second kappa shape index (κ2) is 17.9. The highest BCUT2D eigenvalue weighted by Crippen LogP contribution is 2.33. The van der Waals surface area contributed by atoms with Crippen molar-refractivity contribution in [2.24, 2.45) is 23.7 Å². The summed E-state index contributed by atoms with van der Waals surface area (Å²) in [6.45, 7) is 14.0. The minimum absolute atomic E-state index is 0.00658. The average Bonchev–Trinajstić information content (AvgIpc) is 3.66. The molecule has 2 aliphatic rings. The van der Waals surface area contributed by atoms with Gasteiger partial charge in [-0.05, 0) is 32.2 Å². The summed E-state index contributed by atoms with van der Waals surface area (Å²) in [5.74, 6) is -1.13. The summed E-state index contributed by atoms with van der Waals surface area (Å²) in [6.07, 6.45) is 1.05. The van der Waals surface area contributed by atoms with E-state index >= 15 is 0 Å². The lowest BCUT2D eigenvalue weighted by Gasteiger charge is -2.40. The number of hydrogen-bond acceptors (Lipinski definition) is 12. The van der Waals surface area contributed by atoms with Gasteiger partial charge in [-0.3, -0.25) is 24.1 Å². The number of hydrogen-bond donors (Lipinski definition) is 1. The third-order valence-electron chi connectivity index (χ3n) is 9.33. The number of nitrogens with zero attached hydrogens (tertiary/aromatic N) is 4. The molecule has 0 aromatic carbocycles. The molecule has 1 N–H and O–H groups in total. The van der Waals surface area contributed by atoms with E-state index in [1.54, 1.807) is 28.7 Å². The van der Waals surface area contributed by atoms with Gasteiger partial charge >= 0.3 is 5.97 Å². The van der Waals surface area contributed by atoms with Crippen LogP contribution in [0.4, 0.5) is 0 Å². The number of nitrogens with one attached hydrogen (secondary N) is 1. The zero-order valence-corrected chi connectivity index (χ0v) is 31.7. The van der Waals surface area contributed by atoms with Crippen LogP contribution in [0.1, 0.15) is 86.2 Å². The minimum atomic E-state index is -0.767. The molecular weight excluding hydrogens is 667 g/mol. The largest absolute Gasteiger partial charge is 0.455 e. The Hall–Kier alpha value is -2.78. The summed E-state index contributed by atoms with van der Waals surface area (Å²) < 4.78 is 16.8. The predicted octanol–water partition coefficient (Wildman–Crippen LogP) is 4.32. The highest BCUT2D eigenvalue weighted by Gasteiger charge is 2.41. The Labute approximate surface area is 298 Å². The van der Waals surface area contributed by atoms with E-state index in [2.05, 4.69) is 29.1 Å². The van der Waals surface area contributed by atoms with Crippen molar-refractivity contribution >= 4 is 46.2 Å². The fourth-order valence-corrected chi connectivity index (χ4v) is 8.20. The molecule has 2 amide bonds. The van der Waals surface area contributed by atoms with Crippen LogP contribution < -0.4 is 5.32 Å². The number of amides is 2. The number of esters is 1. The first-order valence-electron chi connectivity index (χ1n) is 17.2. The molecule has 12 nitrogen and oxygen atoms in total. The fraction of sp³-hybridized carbons (Fsp3) is 0.714. The van der Waals surface area contributed by atoms with Crippen molar-refractivity contribution in [2.75, 3.05) is 47.1 Å². The van der Waals surface area contributed by atoms with Crippen LogP contribution in [0.2, 0.25) is 0 Å². The topological polar surface area (TPSA) is 140 Å². The van der Waals surface area contributed by atoms with Gasteiger partial charge in [0.05, 0.1) is 43.4 Å². The van der Waals surface area contributed by atoms with Crippen LogP contribution in [-0.2, 0) is 35.0 Å². The van der Waals surface area contributed by atoms with E-state index in [-0.39, 0.29) is 66.1 Å². The maximum absolute atomic E-state index is 14.2. The normalized spacial score (nSPS) is 19.6. The lowest BCUT2D eigenvalue weighted by Crippen LogP contribution is -2.52. The number of ether oxygens (including phenoxy) is 3. The summed E-state index contributed by atoms with van der Waals surface area (Å²) in [6, 6.07) is -0.822. The van der Waals surface area contributed by atoms with Crippen molar-refractivity contribution in [3.05, 3.63) is 32.2 Å². The highest BCUT2D eigenvalue weighted by molar-refractivity contribution is 7.10. The summed E-state index contributed by atoms with van der Waals surface area (Å²) in [7, 11) is 3.66. The van der Waals surface area contributed by atoms with Crippen molar-refractivity contribution < 1.29 is 33.4 Å². The summed E-state index contributed by atoms with van der Waals surface area (Å²) >= 11 is 2.85. The number of rotatable bonds is 17. The quantitative estimate of drug-likeness (QED) is 0.235. The molecule has 2 saturated heterocycles. The number of morpholine rings is 1. The first-order valence-corrected chi connectivity index (χ1v) is 19.0. The highest BCUT2D eigenvalue weighted by atomic mass is 32.1. The summed E-state index contributed by atoms with van der Waals surface area (Å²) in [5, 5.41) is 8.30. The Kier molecular flexibility index (Phi) is 14.3. The second-order valence-corrected chi connectivity index (χ2v) is 16.0. The van der Waals surface area contributed by atoms with E-state index in [0.29, 0.717) is 50.3 Å². The Balaban J connectivity index is 1.48. The van der Waals surface area contributed by atoms with Crippen LogP contribution in [-0.4, -0.2) is 109 Å². The standard InChI is InChI=1S/C35H53N5O7S2/c1-20(2)11-25(12-32-36-22(5)18-48-32)37-33(43)27-19-49-34(38-27)31(47-23(6)41)14-28(21(3)4)40(8)35(44)26(24-15-46-16-24)13-30(42)29-17-45-10-9-39(29)7/h18-21,24-26,28-29,31H,9-17H2,1-8H3,(H,37,43)/t25-,26+,28-,29-,31-/m1/s1. The van der Waals surface area contributed by atoms with Gasteiger partial charge in [0.15, 0.2) is 11.9 Å². The zero-order valence-electron chi connectivity index (χ0n) is 30.1. The molecule has 0 aliphatic carbocycles. The van der Waals surface area contributed by atoms with Crippen LogP contribution in [0.15, 0.2) is 10.8 Å². The number of thiazole rings is 2. The second-order valence-electron chi connectivity index (χ2n) is 14.2. The molecule has 2 aliphatic heterocycles. The molecule has 272 valence electrons. The van der Waals surface area contributed by atoms with Crippen molar-refractivity contribution in [3.63, 3.8) is 0 Å². The molecule has 49 heavy (non-hydrogen) atoms. The number of carbonyl (C=O) groups excluding carboxylic acids is 4. The van der Waals surface area contributed by atoms with Gasteiger partial charge in [-0.15, -0.1) is 22.7 Å². The van der Waals surface area contributed by atoms with Crippen molar-refractivity contribution in [2.45, 2.75) is 91.5 Å². The van der Waals surface area contributed by atoms with Crippen LogP contribution in [0, 0.1) is 30.6 Å². The Morgan fingerprint density at radius 3 is 2.37 bits per heavy atom. The number of likely N-dealkylation sites (N-methyl/N-ethyl adjacent to an activating group) is 1. The van der Waals surface area contributed by atoms with Crippen LogP contribution in [0.3, 0.4) is 0 Å². The van der Waals surface area contributed by atoms with E-state index in [0.717, 1.165) is 17.1 Å². The number of aromatic nitrogens is 2. The smallest absolute Gasteiger partial charge is 0.303 e. The van der Waals surface area contributed by atoms with E-state index < -0.39 is 18.0 Å². The SMILES string of the molecule is CC(=O)O[C@H](C[C@H](C(C)C)N(C)C(=O)[C@@H](CC(=O)[C@H]1COCCN1C)C1COC1)c1nc(C(=O)N[C@@H](Cc2nc(C)cs2)CC(C)C)cs1. The molecule has 0 unspecified atom stereocenters. The number of aryl methyl sites for hydroxylation is 1. The predicted molar refractivity (Wildman–Crippen MR) is 189 cm³/mol. The van der Waals surface area contributed by atoms with Gasteiger partial charge in [0.2, 0.25) is 5.91 Å². The number of ketones is 1. The average molecular weight is 720 g/mol. The van der Waals surface area contributed by atoms with E-state index in [1.165, 1.54) is 18.3 Å². The van der Waals surface area contributed by atoms with E-state index in [9.17, 15) is 19.2 Å². The Morgan fingerprint density at radius 2 is 1.80 bits per heavy atom. The van der Waals surface area contributed by atoms with Crippen molar-refractivity contribution in [1.29, 1.82) is 0 Å². The van der Waals surface area contributed by atoms with Crippen LogP contribution in [0.25, 0.3) is 0 Å². The molecule has 2 aromatic rings. The molecule has 0 bridgehead atoms. The first kappa shape index (κ1) is 39.0. The third kappa shape index (κ3) is 10.9. The zero-order chi connectivity index (χ0) is 35.8. The maximum Gasteiger partial charge on any atom is 0.303 e. The van der Waals surface area contributed by atoms with Gasteiger partial charge in [-0.25, -0.2) is 9.97 Å². The van der Waals surface area contributed by atoms with Gasteiger partial charge in [-0.2, -0.15) is 0 Å². The molecule has 2 fully saturated rings.